The van der Waals surface area contributed by atoms with Crippen LogP contribution in [0.4, 0.5) is 64.1 Å². The normalized spacial score (nSPS) is 25.9. The van der Waals surface area contributed by atoms with Crippen LogP contribution < -0.4 is 9.80 Å². The van der Waals surface area contributed by atoms with Gasteiger partial charge in [0.2, 0.25) is 23.6 Å². The maximum Gasteiger partial charge on any atom is 0.416 e. The monoisotopic (exact) mass is 790 g/mol. The second kappa shape index (κ2) is 12.3. The van der Waals surface area contributed by atoms with Gasteiger partial charge in [-0.2, -0.15) is 52.7 Å². The van der Waals surface area contributed by atoms with Gasteiger partial charge in [-0.25, -0.2) is 9.80 Å². The minimum absolute atomic E-state index is 0.0451. The number of alkyl halides is 12. The second-order valence-corrected chi connectivity index (χ2v) is 13.6. The van der Waals surface area contributed by atoms with Crippen LogP contribution in [0.1, 0.15) is 46.6 Å². The van der Waals surface area contributed by atoms with Crippen molar-refractivity contribution in [2.75, 3.05) is 9.80 Å². The van der Waals surface area contributed by atoms with Crippen molar-refractivity contribution < 1.29 is 77.0 Å². The minimum atomic E-state index is -5.36. The zero-order valence-corrected chi connectivity index (χ0v) is 27.2. The van der Waals surface area contributed by atoms with Crippen LogP contribution in [-0.2, 0) is 43.9 Å². The molecule has 0 spiro atoms. The van der Waals surface area contributed by atoms with Gasteiger partial charge in [-0.3, -0.25) is 19.2 Å². The Bertz CT molecular complexity index is 2120. The fourth-order valence-electron chi connectivity index (χ4n) is 8.33. The van der Waals surface area contributed by atoms with Gasteiger partial charge in [0.05, 0.1) is 57.3 Å². The summed E-state index contributed by atoms with van der Waals surface area (Å²) in [4.78, 5) is 56.4. The van der Waals surface area contributed by atoms with Crippen molar-refractivity contribution in [2.45, 2.75) is 43.5 Å². The minimum Gasteiger partial charge on any atom is -0.508 e. The number of anilines is 2. The molecule has 4 amide bonds. The summed E-state index contributed by atoms with van der Waals surface area (Å²) in [6, 6.07) is 5.62. The van der Waals surface area contributed by atoms with Gasteiger partial charge < -0.3 is 5.11 Å². The van der Waals surface area contributed by atoms with Crippen LogP contribution in [0.25, 0.3) is 0 Å². The molecule has 2 aliphatic carbocycles. The lowest BCUT2D eigenvalue weighted by atomic mass is 9.57. The van der Waals surface area contributed by atoms with E-state index in [9.17, 15) is 77.0 Å². The van der Waals surface area contributed by atoms with Gasteiger partial charge in [0.25, 0.3) is 0 Å². The first-order valence-electron chi connectivity index (χ1n) is 16.2. The Hall–Kier alpha value is -5.36. The van der Waals surface area contributed by atoms with Gasteiger partial charge in [0.1, 0.15) is 5.75 Å². The summed E-state index contributed by atoms with van der Waals surface area (Å²) in [5.74, 6) is -14.1. The number of aromatic hydroxyl groups is 1. The van der Waals surface area contributed by atoms with E-state index in [-0.39, 0.29) is 63.8 Å². The molecule has 1 saturated carbocycles. The van der Waals surface area contributed by atoms with Crippen molar-refractivity contribution in [3.05, 3.63) is 100 Å². The van der Waals surface area contributed by atoms with E-state index in [4.69, 9.17) is 0 Å². The number of carbonyl (C=O) groups is 4. The lowest BCUT2D eigenvalue weighted by Crippen LogP contribution is -2.43. The lowest BCUT2D eigenvalue weighted by molar-refractivity contribution is -0.144. The maximum absolute atomic E-state index is 14.2. The van der Waals surface area contributed by atoms with Crippen LogP contribution in [-0.4, -0.2) is 28.7 Å². The first-order chi connectivity index (χ1) is 25.4. The SMILES string of the molecule is O=C1C2CC=C3C(CC4C(=O)N(c5cc(C(F)(F)F)cc(C(F)(F)F)c5)C(=O)C4C3c3ccccc3O)C2C(=O)N1c1cc(C(F)(F)F)cc(C(F)(F)F)c1. The van der Waals surface area contributed by atoms with Crippen LogP contribution in [0.2, 0.25) is 0 Å². The summed E-state index contributed by atoms with van der Waals surface area (Å²) < 4.78 is 165. The van der Waals surface area contributed by atoms with Crippen LogP contribution in [0.3, 0.4) is 0 Å². The molecule has 2 aliphatic heterocycles. The largest absolute Gasteiger partial charge is 0.508 e. The molecule has 0 bridgehead atoms. The number of phenolic OH excluding ortho intramolecular Hbond substituents is 1. The number of hydrogen-bond donors (Lipinski definition) is 1. The number of hydrogen-bond acceptors (Lipinski definition) is 5. The number of amides is 4. The number of rotatable bonds is 3. The van der Waals surface area contributed by atoms with Gasteiger partial charge in [0, 0.05) is 11.5 Å². The van der Waals surface area contributed by atoms with Gasteiger partial charge in [-0.15, -0.1) is 0 Å². The number of halogens is 12. The number of carbonyl (C=O) groups excluding carboxylic acids is 4. The van der Waals surface area contributed by atoms with E-state index in [0.29, 0.717) is 0 Å². The van der Waals surface area contributed by atoms with Crippen molar-refractivity contribution in [1.82, 2.24) is 0 Å². The number of imide groups is 2. The summed E-state index contributed by atoms with van der Waals surface area (Å²) in [6.45, 7) is 0. The van der Waals surface area contributed by atoms with Crippen molar-refractivity contribution in [2.24, 2.45) is 29.6 Å². The number of para-hydroxylation sites is 1. The first kappa shape index (κ1) is 37.9. The highest BCUT2D eigenvalue weighted by Crippen LogP contribution is 2.60. The van der Waals surface area contributed by atoms with Crippen molar-refractivity contribution >= 4 is 35.0 Å². The van der Waals surface area contributed by atoms with E-state index in [2.05, 4.69) is 0 Å². The Morgan fingerprint density at radius 1 is 0.527 bits per heavy atom. The smallest absolute Gasteiger partial charge is 0.416 e. The third-order valence-electron chi connectivity index (χ3n) is 10.6. The van der Waals surface area contributed by atoms with Crippen molar-refractivity contribution in [3.8, 4) is 5.75 Å². The summed E-state index contributed by atoms with van der Waals surface area (Å²) in [5, 5.41) is 10.9. The topological polar surface area (TPSA) is 95.0 Å². The zero-order chi connectivity index (χ0) is 40.3. The van der Waals surface area contributed by atoms with Gasteiger partial charge in [0.15, 0.2) is 0 Å². The average molecular weight is 791 g/mol. The number of fused-ring (bicyclic) bond motifs is 4. The van der Waals surface area contributed by atoms with E-state index in [1.807, 2.05) is 0 Å². The Balaban J connectivity index is 1.34. The molecule has 2 saturated heterocycles. The third kappa shape index (κ3) is 6.20. The molecule has 290 valence electrons. The van der Waals surface area contributed by atoms with Crippen LogP contribution in [0.5, 0.6) is 5.75 Å². The average Bonchev–Trinajstić information content (AvgIpc) is 3.49. The quantitative estimate of drug-likeness (QED) is 0.163. The number of phenols is 1. The summed E-state index contributed by atoms with van der Waals surface area (Å²) >= 11 is 0. The third-order valence-corrected chi connectivity index (χ3v) is 10.6. The van der Waals surface area contributed by atoms with Crippen LogP contribution in [0.15, 0.2) is 72.3 Å². The summed E-state index contributed by atoms with van der Waals surface area (Å²) in [6.07, 6.45) is -20.9. The van der Waals surface area contributed by atoms with Gasteiger partial charge in [-0.05, 0) is 61.2 Å². The molecule has 2 heterocycles. The van der Waals surface area contributed by atoms with E-state index in [0.717, 1.165) is 0 Å². The molecule has 55 heavy (non-hydrogen) atoms. The van der Waals surface area contributed by atoms with Crippen LogP contribution >= 0.6 is 0 Å². The molecule has 19 heteroatoms. The van der Waals surface area contributed by atoms with E-state index >= 15 is 0 Å². The molecule has 6 unspecified atom stereocenters. The van der Waals surface area contributed by atoms with Gasteiger partial charge in [-0.1, -0.05) is 29.8 Å². The molecule has 0 radical (unpaired) electrons. The standard InChI is InChI=1S/C36H22F12N2O5/c37-33(38,39)14-7-15(34(40,41)42)10-18(9-14)49-29(52)22-6-5-20-23(27(22)31(49)54)13-24-28(26(20)21-3-1-2-4-25(21)51)32(55)50(30(24)53)19-11-16(35(43,44)45)8-17(12-19)36(46,47)48/h1-5,7-12,22-24,26-28,51H,6,13H2. The molecule has 3 fully saturated rings. The molecular formula is C36H22F12N2O5. The summed E-state index contributed by atoms with van der Waals surface area (Å²) in [7, 11) is 0. The van der Waals surface area contributed by atoms with Crippen LogP contribution in [0, 0.1) is 29.6 Å². The molecule has 6 atom stereocenters. The summed E-state index contributed by atoms with van der Waals surface area (Å²) in [5.41, 5.74) is -9.30. The van der Waals surface area contributed by atoms with Crippen molar-refractivity contribution in [1.29, 1.82) is 0 Å². The molecule has 7 rings (SSSR count). The number of benzene rings is 3. The first-order valence-corrected chi connectivity index (χ1v) is 16.2. The van der Waals surface area contributed by atoms with Gasteiger partial charge >= 0.3 is 24.7 Å². The second-order valence-electron chi connectivity index (χ2n) is 13.6. The predicted molar refractivity (Wildman–Crippen MR) is 163 cm³/mol. The highest BCUT2D eigenvalue weighted by atomic mass is 19.4. The fourth-order valence-corrected chi connectivity index (χ4v) is 8.33. The highest BCUT2D eigenvalue weighted by Gasteiger charge is 2.63. The Morgan fingerprint density at radius 2 is 0.945 bits per heavy atom. The van der Waals surface area contributed by atoms with E-state index in [1.165, 1.54) is 30.3 Å². The molecule has 4 aliphatic rings. The molecule has 3 aromatic carbocycles. The Morgan fingerprint density at radius 3 is 1.38 bits per heavy atom. The molecule has 7 nitrogen and oxygen atoms in total. The highest BCUT2D eigenvalue weighted by molar-refractivity contribution is 6.24. The Labute approximate surface area is 300 Å². The molecule has 3 aromatic rings. The maximum atomic E-state index is 14.2. The van der Waals surface area contributed by atoms with Crippen molar-refractivity contribution in [3.63, 3.8) is 0 Å². The molecule has 0 aromatic heterocycles. The Kier molecular flexibility index (Phi) is 8.50. The fraction of sp³-hybridized carbons (Fsp3) is 0.333. The molecule has 1 N–H and O–H groups in total. The zero-order valence-electron chi connectivity index (χ0n) is 27.2. The van der Waals surface area contributed by atoms with E-state index < -0.39 is 130 Å². The van der Waals surface area contributed by atoms with E-state index in [1.54, 1.807) is 0 Å². The lowest BCUT2D eigenvalue weighted by Gasteiger charge is -2.44. The number of allylic oxidation sites excluding steroid dienone is 2. The predicted octanol–water partition coefficient (Wildman–Crippen LogP) is 8.51. The number of nitrogens with zero attached hydrogens (tertiary/aromatic N) is 2. The molecular weight excluding hydrogens is 768 g/mol.